The number of aromatic nitrogens is 2. The number of likely N-dealkylation sites (tertiary alicyclic amines) is 1. The molecule has 1 fully saturated rings. The number of ether oxygens (including phenoxy) is 1. The van der Waals surface area contributed by atoms with Crippen molar-refractivity contribution in [2.24, 2.45) is 10.9 Å². The quantitative estimate of drug-likeness (QED) is 0.327. The highest BCUT2D eigenvalue weighted by Gasteiger charge is 2.27. The maximum Gasteiger partial charge on any atom is 0.309 e. The molecule has 0 radical (unpaired) electrons. The molecule has 7 nitrogen and oxygen atoms in total. The van der Waals surface area contributed by atoms with Crippen LogP contribution in [0.5, 0.6) is 0 Å². The summed E-state index contributed by atoms with van der Waals surface area (Å²) in [5.41, 5.74) is 0. The van der Waals surface area contributed by atoms with Gasteiger partial charge in [-0.3, -0.25) is 9.79 Å². The zero-order valence-corrected chi connectivity index (χ0v) is 16.1. The van der Waals surface area contributed by atoms with Gasteiger partial charge in [-0.15, -0.1) is 24.0 Å². The van der Waals surface area contributed by atoms with E-state index in [9.17, 15) is 4.79 Å². The van der Waals surface area contributed by atoms with E-state index in [0.29, 0.717) is 6.61 Å². The third-order valence-corrected chi connectivity index (χ3v) is 3.84. The number of carbonyl (C=O) groups is 1. The van der Waals surface area contributed by atoms with Gasteiger partial charge in [0.2, 0.25) is 0 Å². The maximum atomic E-state index is 11.8. The Bertz CT molecular complexity index is 484. The highest BCUT2D eigenvalue weighted by atomic mass is 127. The van der Waals surface area contributed by atoms with Gasteiger partial charge >= 0.3 is 5.97 Å². The molecular formula is C15H26IN5O2. The molecule has 0 spiro atoms. The number of esters is 1. The predicted molar refractivity (Wildman–Crippen MR) is 99.9 cm³/mol. The summed E-state index contributed by atoms with van der Waals surface area (Å²) in [4.78, 5) is 22.3. The van der Waals surface area contributed by atoms with E-state index in [4.69, 9.17) is 4.74 Å². The molecule has 1 aromatic rings. The molecule has 0 bridgehead atoms. The minimum absolute atomic E-state index is 0. The summed E-state index contributed by atoms with van der Waals surface area (Å²) in [6.07, 6.45) is 7.15. The molecule has 0 amide bonds. The lowest BCUT2D eigenvalue weighted by atomic mass is 9.97. The minimum Gasteiger partial charge on any atom is -0.466 e. The Balaban J connectivity index is 0.00000264. The summed E-state index contributed by atoms with van der Waals surface area (Å²) in [5, 5.41) is 3.36. The summed E-state index contributed by atoms with van der Waals surface area (Å²) >= 11 is 0. The molecule has 1 aromatic heterocycles. The number of nitrogens with one attached hydrogen (secondary N) is 1. The lowest BCUT2D eigenvalue weighted by Gasteiger charge is -2.33. The molecule has 2 heterocycles. The van der Waals surface area contributed by atoms with Gasteiger partial charge in [-0.1, -0.05) is 0 Å². The second-order valence-electron chi connectivity index (χ2n) is 5.29. The Labute approximate surface area is 154 Å². The highest BCUT2D eigenvalue weighted by Crippen LogP contribution is 2.18. The smallest absolute Gasteiger partial charge is 0.309 e. The van der Waals surface area contributed by atoms with E-state index in [-0.39, 0.29) is 35.9 Å². The first-order valence-corrected chi connectivity index (χ1v) is 7.82. The number of hydrogen-bond acceptors (Lipinski definition) is 4. The van der Waals surface area contributed by atoms with Crippen molar-refractivity contribution in [2.45, 2.75) is 26.3 Å². The zero-order valence-electron chi connectivity index (χ0n) is 13.8. The van der Waals surface area contributed by atoms with Crippen LogP contribution in [0.3, 0.4) is 0 Å². The lowest BCUT2D eigenvalue weighted by Crippen LogP contribution is -2.47. The largest absolute Gasteiger partial charge is 0.466 e. The fraction of sp³-hybridized carbons (Fsp3) is 0.667. The summed E-state index contributed by atoms with van der Waals surface area (Å²) in [6, 6.07) is 0. The van der Waals surface area contributed by atoms with E-state index in [0.717, 1.165) is 45.0 Å². The monoisotopic (exact) mass is 435 g/mol. The average Bonchev–Trinajstić information content (AvgIpc) is 3.05. The van der Waals surface area contributed by atoms with Crippen LogP contribution in [0.15, 0.2) is 23.7 Å². The molecule has 1 N–H and O–H groups in total. The minimum atomic E-state index is -0.0646. The number of hydrogen-bond donors (Lipinski definition) is 1. The van der Waals surface area contributed by atoms with E-state index >= 15 is 0 Å². The van der Waals surface area contributed by atoms with Crippen LogP contribution in [0.4, 0.5) is 0 Å². The van der Waals surface area contributed by atoms with Gasteiger partial charge in [-0.05, 0) is 19.8 Å². The van der Waals surface area contributed by atoms with Crippen molar-refractivity contribution in [3.8, 4) is 0 Å². The van der Waals surface area contributed by atoms with Crippen LogP contribution >= 0.6 is 24.0 Å². The van der Waals surface area contributed by atoms with Gasteiger partial charge in [0, 0.05) is 45.6 Å². The fourth-order valence-electron chi connectivity index (χ4n) is 2.64. The topological polar surface area (TPSA) is 71.8 Å². The van der Waals surface area contributed by atoms with Crippen molar-refractivity contribution in [1.82, 2.24) is 19.8 Å². The Kier molecular flexibility index (Phi) is 8.97. The highest BCUT2D eigenvalue weighted by molar-refractivity contribution is 14.0. The first-order valence-electron chi connectivity index (χ1n) is 7.82. The number of halogens is 1. The Morgan fingerprint density at radius 3 is 2.74 bits per heavy atom. The molecule has 2 rings (SSSR count). The number of piperidine rings is 1. The van der Waals surface area contributed by atoms with Crippen molar-refractivity contribution in [1.29, 1.82) is 0 Å². The van der Waals surface area contributed by atoms with Gasteiger partial charge in [0.25, 0.3) is 0 Å². The van der Waals surface area contributed by atoms with E-state index < -0.39 is 0 Å². The van der Waals surface area contributed by atoms with Crippen LogP contribution < -0.4 is 5.32 Å². The standard InChI is InChI=1S/C15H25N5O2.HI/c1-3-22-14(21)13-4-8-20(9-5-13)15(16-2)18-7-11-19-10-6-17-12-19;/h6,10,12-13H,3-5,7-9,11H2,1-2H3,(H,16,18);1H. The van der Waals surface area contributed by atoms with Crippen LogP contribution in [-0.4, -0.2) is 59.7 Å². The van der Waals surface area contributed by atoms with Crippen LogP contribution in [0.1, 0.15) is 19.8 Å². The van der Waals surface area contributed by atoms with Crippen molar-refractivity contribution < 1.29 is 9.53 Å². The third-order valence-electron chi connectivity index (χ3n) is 3.84. The number of nitrogens with zero attached hydrogens (tertiary/aromatic N) is 4. The molecule has 8 heteroatoms. The molecule has 0 unspecified atom stereocenters. The molecule has 0 aromatic carbocycles. The molecule has 1 aliphatic rings. The molecule has 130 valence electrons. The predicted octanol–water partition coefficient (Wildman–Crippen LogP) is 1.35. The Hall–Kier alpha value is -1.32. The molecule has 0 saturated carbocycles. The normalized spacial score (nSPS) is 15.9. The van der Waals surface area contributed by atoms with Crippen molar-refractivity contribution >= 4 is 35.9 Å². The van der Waals surface area contributed by atoms with Gasteiger partial charge in [0.1, 0.15) is 0 Å². The van der Waals surface area contributed by atoms with E-state index in [2.05, 4.69) is 20.2 Å². The SMILES string of the molecule is CCOC(=O)C1CCN(C(=NC)NCCn2ccnc2)CC1.I. The lowest BCUT2D eigenvalue weighted by molar-refractivity contribution is -0.149. The van der Waals surface area contributed by atoms with Gasteiger partial charge in [-0.25, -0.2) is 4.98 Å². The number of imidazole rings is 1. The Morgan fingerprint density at radius 1 is 1.43 bits per heavy atom. The molecule has 0 atom stereocenters. The summed E-state index contributed by atoms with van der Waals surface area (Å²) < 4.78 is 7.12. The van der Waals surface area contributed by atoms with E-state index in [1.54, 1.807) is 19.6 Å². The van der Waals surface area contributed by atoms with Gasteiger partial charge in [0.05, 0.1) is 18.9 Å². The van der Waals surface area contributed by atoms with Gasteiger partial charge in [0.15, 0.2) is 5.96 Å². The third kappa shape index (κ3) is 6.00. The van der Waals surface area contributed by atoms with Gasteiger partial charge in [-0.2, -0.15) is 0 Å². The summed E-state index contributed by atoms with van der Waals surface area (Å²) in [6.45, 7) is 5.59. The number of rotatable bonds is 5. The first-order chi connectivity index (χ1) is 10.7. The summed E-state index contributed by atoms with van der Waals surface area (Å²) in [7, 11) is 1.79. The second kappa shape index (κ2) is 10.5. The van der Waals surface area contributed by atoms with Crippen molar-refractivity contribution in [3.63, 3.8) is 0 Å². The summed E-state index contributed by atoms with van der Waals surface area (Å²) in [5.74, 6) is 0.855. The van der Waals surface area contributed by atoms with Crippen LogP contribution in [0.25, 0.3) is 0 Å². The van der Waals surface area contributed by atoms with Crippen molar-refractivity contribution in [2.75, 3.05) is 33.3 Å². The molecule has 1 aliphatic heterocycles. The first kappa shape index (κ1) is 19.7. The van der Waals surface area contributed by atoms with Crippen molar-refractivity contribution in [3.05, 3.63) is 18.7 Å². The molecular weight excluding hydrogens is 409 g/mol. The fourth-order valence-corrected chi connectivity index (χ4v) is 2.64. The van der Waals surface area contributed by atoms with Crippen LogP contribution in [0.2, 0.25) is 0 Å². The zero-order chi connectivity index (χ0) is 15.8. The second-order valence-corrected chi connectivity index (χ2v) is 5.29. The van der Waals surface area contributed by atoms with E-state index in [1.165, 1.54) is 0 Å². The van der Waals surface area contributed by atoms with Gasteiger partial charge < -0.3 is 19.5 Å². The number of carbonyl (C=O) groups excluding carboxylic acids is 1. The maximum absolute atomic E-state index is 11.8. The Morgan fingerprint density at radius 2 is 2.17 bits per heavy atom. The molecule has 1 saturated heterocycles. The van der Waals surface area contributed by atoms with Crippen LogP contribution in [-0.2, 0) is 16.1 Å². The average molecular weight is 435 g/mol. The molecule has 23 heavy (non-hydrogen) atoms. The number of aliphatic imine (C=N–C) groups is 1. The number of guanidine groups is 1. The van der Waals surface area contributed by atoms with Crippen LogP contribution in [0, 0.1) is 5.92 Å². The van der Waals surface area contributed by atoms with E-state index in [1.807, 2.05) is 17.7 Å². The molecule has 0 aliphatic carbocycles.